The van der Waals surface area contributed by atoms with Crippen molar-refractivity contribution < 1.29 is 0 Å². The van der Waals surface area contributed by atoms with Crippen LogP contribution in [0.4, 0.5) is 5.69 Å². The monoisotopic (exact) mass is 230 g/mol. The molecule has 1 fully saturated rings. The Morgan fingerprint density at radius 3 is 3.12 bits per heavy atom. The lowest BCUT2D eigenvalue weighted by atomic mass is 9.99. The first-order valence-electron chi connectivity index (χ1n) is 6.92. The highest BCUT2D eigenvalue weighted by Gasteiger charge is 2.27. The third kappa shape index (κ3) is 2.47. The van der Waals surface area contributed by atoms with Crippen LogP contribution in [0.1, 0.15) is 37.3 Å². The van der Waals surface area contributed by atoms with E-state index in [2.05, 4.69) is 35.8 Å². The maximum atomic E-state index is 3.67. The zero-order valence-electron chi connectivity index (χ0n) is 10.6. The second-order valence-corrected chi connectivity index (χ2v) is 5.49. The molecule has 2 heteroatoms. The summed E-state index contributed by atoms with van der Waals surface area (Å²) in [5.41, 5.74) is 4.33. The van der Waals surface area contributed by atoms with Gasteiger partial charge in [0, 0.05) is 24.8 Å². The van der Waals surface area contributed by atoms with Gasteiger partial charge >= 0.3 is 0 Å². The highest BCUT2D eigenvalue weighted by atomic mass is 14.9. The fraction of sp³-hybridized carbons (Fsp3) is 0.600. The third-order valence-electron chi connectivity index (χ3n) is 4.11. The number of rotatable bonds is 4. The first kappa shape index (κ1) is 11.1. The number of nitrogens with one attached hydrogen (secondary N) is 2. The van der Waals surface area contributed by atoms with Crippen molar-refractivity contribution in [1.29, 1.82) is 0 Å². The standard InChI is InChI=1S/C15H22N2/c1-11(12-7-8-12)17-10-14-5-2-4-13-6-3-9-16-15(13)14/h2,4-5,11-12,16-17H,3,6-10H2,1H3. The molecule has 1 aliphatic carbocycles. The van der Waals surface area contributed by atoms with Crippen LogP contribution in [0.2, 0.25) is 0 Å². The van der Waals surface area contributed by atoms with Gasteiger partial charge < -0.3 is 10.6 Å². The molecule has 2 N–H and O–H groups in total. The van der Waals surface area contributed by atoms with Gasteiger partial charge in [0.2, 0.25) is 0 Å². The Kier molecular flexibility index (Phi) is 3.06. The van der Waals surface area contributed by atoms with Crippen LogP contribution >= 0.6 is 0 Å². The first-order chi connectivity index (χ1) is 8.34. The van der Waals surface area contributed by atoms with E-state index in [1.807, 2.05) is 0 Å². The van der Waals surface area contributed by atoms with Crippen molar-refractivity contribution in [3.8, 4) is 0 Å². The molecule has 1 aliphatic heterocycles. The minimum absolute atomic E-state index is 0.675. The van der Waals surface area contributed by atoms with Gasteiger partial charge in [-0.05, 0) is 49.7 Å². The van der Waals surface area contributed by atoms with E-state index in [0.29, 0.717) is 6.04 Å². The molecule has 0 spiro atoms. The second-order valence-electron chi connectivity index (χ2n) is 5.49. The van der Waals surface area contributed by atoms with Crippen LogP contribution in [0.3, 0.4) is 0 Å². The maximum absolute atomic E-state index is 3.67. The fourth-order valence-electron chi connectivity index (χ4n) is 2.76. The molecule has 0 aromatic heterocycles. The van der Waals surface area contributed by atoms with Crippen molar-refractivity contribution in [2.24, 2.45) is 5.92 Å². The molecule has 92 valence electrons. The molecule has 1 atom stereocenters. The van der Waals surface area contributed by atoms with E-state index < -0.39 is 0 Å². The topological polar surface area (TPSA) is 24.1 Å². The summed E-state index contributed by atoms with van der Waals surface area (Å²) >= 11 is 0. The lowest BCUT2D eigenvalue weighted by molar-refractivity contribution is 0.496. The van der Waals surface area contributed by atoms with E-state index in [9.17, 15) is 0 Å². The van der Waals surface area contributed by atoms with Gasteiger partial charge in [0.05, 0.1) is 0 Å². The summed E-state index contributed by atoms with van der Waals surface area (Å²) in [4.78, 5) is 0. The fourth-order valence-corrected chi connectivity index (χ4v) is 2.76. The summed E-state index contributed by atoms with van der Waals surface area (Å²) in [6, 6.07) is 7.39. The zero-order valence-corrected chi connectivity index (χ0v) is 10.6. The molecular formula is C15H22N2. The molecule has 0 bridgehead atoms. The van der Waals surface area contributed by atoms with E-state index in [0.717, 1.165) is 19.0 Å². The van der Waals surface area contributed by atoms with Crippen LogP contribution in [0.15, 0.2) is 18.2 Å². The smallest absolute Gasteiger partial charge is 0.0418 e. The summed E-state index contributed by atoms with van der Waals surface area (Å²) in [5, 5.41) is 7.23. The van der Waals surface area contributed by atoms with Crippen LogP contribution in [-0.4, -0.2) is 12.6 Å². The Bertz CT molecular complexity index is 396. The molecule has 1 saturated carbocycles. The highest BCUT2D eigenvalue weighted by molar-refractivity contribution is 5.59. The summed E-state index contributed by atoms with van der Waals surface area (Å²) in [6.07, 6.45) is 5.33. The molecule has 1 heterocycles. The van der Waals surface area contributed by atoms with Gasteiger partial charge in [-0.3, -0.25) is 0 Å². The Balaban J connectivity index is 1.69. The number of aryl methyl sites for hydroxylation is 1. The number of hydrogen-bond donors (Lipinski definition) is 2. The van der Waals surface area contributed by atoms with Gasteiger partial charge in [0.15, 0.2) is 0 Å². The minimum atomic E-state index is 0.675. The van der Waals surface area contributed by atoms with Gasteiger partial charge in [0.25, 0.3) is 0 Å². The lowest BCUT2D eigenvalue weighted by Crippen LogP contribution is -2.28. The average molecular weight is 230 g/mol. The molecule has 0 saturated heterocycles. The summed E-state index contributed by atoms with van der Waals surface area (Å²) in [6.45, 7) is 4.45. The van der Waals surface area contributed by atoms with Gasteiger partial charge in [-0.1, -0.05) is 18.2 Å². The minimum Gasteiger partial charge on any atom is -0.385 e. The number of benzene rings is 1. The second kappa shape index (κ2) is 4.69. The zero-order chi connectivity index (χ0) is 11.7. The van der Waals surface area contributed by atoms with E-state index in [1.165, 1.54) is 42.5 Å². The van der Waals surface area contributed by atoms with Crippen molar-refractivity contribution in [2.75, 3.05) is 11.9 Å². The largest absolute Gasteiger partial charge is 0.385 e. The number of fused-ring (bicyclic) bond motifs is 1. The summed E-state index contributed by atoms with van der Waals surface area (Å²) < 4.78 is 0. The van der Waals surface area contributed by atoms with E-state index in [1.54, 1.807) is 0 Å². The molecule has 1 aromatic carbocycles. The number of anilines is 1. The van der Waals surface area contributed by atoms with E-state index in [-0.39, 0.29) is 0 Å². The molecule has 17 heavy (non-hydrogen) atoms. The van der Waals surface area contributed by atoms with Crippen LogP contribution in [0, 0.1) is 5.92 Å². The SMILES string of the molecule is CC(NCc1cccc2c1NCCC2)C1CC1. The van der Waals surface area contributed by atoms with Gasteiger partial charge in [0.1, 0.15) is 0 Å². The van der Waals surface area contributed by atoms with Gasteiger partial charge in [-0.25, -0.2) is 0 Å². The van der Waals surface area contributed by atoms with Gasteiger partial charge in [-0.2, -0.15) is 0 Å². The summed E-state index contributed by atoms with van der Waals surface area (Å²) in [5.74, 6) is 0.933. The van der Waals surface area contributed by atoms with Crippen molar-refractivity contribution >= 4 is 5.69 Å². The van der Waals surface area contributed by atoms with Crippen LogP contribution in [0.25, 0.3) is 0 Å². The van der Waals surface area contributed by atoms with Crippen LogP contribution in [-0.2, 0) is 13.0 Å². The Morgan fingerprint density at radius 1 is 1.41 bits per heavy atom. The Hall–Kier alpha value is -1.02. The first-order valence-corrected chi connectivity index (χ1v) is 6.92. The van der Waals surface area contributed by atoms with Crippen molar-refractivity contribution in [3.05, 3.63) is 29.3 Å². The molecule has 1 unspecified atom stereocenters. The predicted molar refractivity (Wildman–Crippen MR) is 72.3 cm³/mol. The molecule has 0 radical (unpaired) electrons. The Labute approximate surface area is 104 Å². The molecular weight excluding hydrogens is 208 g/mol. The molecule has 0 amide bonds. The molecule has 2 nitrogen and oxygen atoms in total. The maximum Gasteiger partial charge on any atom is 0.0418 e. The quantitative estimate of drug-likeness (QED) is 0.831. The van der Waals surface area contributed by atoms with E-state index >= 15 is 0 Å². The van der Waals surface area contributed by atoms with Crippen LogP contribution < -0.4 is 10.6 Å². The van der Waals surface area contributed by atoms with Crippen molar-refractivity contribution in [1.82, 2.24) is 5.32 Å². The molecule has 3 rings (SSSR count). The van der Waals surface area contributed by atoms with Crippen molar-refractivity contribution in [3.63, 3.8) is 0 Å². The molecule has 2 aliphatic rings. The average Bonchev–Trinajstić information content (AvgIpc) is 3.20. The van der Waals surface area contributed by atoms with Crippen molar-refractivity contribution in [2.45, 2.75) is 45.2 Å². The lowest BCUT2D eigenvalue weighted by Gasteiger charge is -2.22. The highest BCUT2D eigenvalue weighted by Crippen LogP contribution is 2.33. The number of para-hydroxylation sites is 1. The predicted octanol–water partition coefficient (Wildman–Crippen LogP) is 2.93. The Morgan fingerprint density at radius 2 is 2.29 bits per heavy atom. The summed E-state index contributed by atoms with van der Waals surface area (Å²) in [7, 11) is 0. The van der Waals surface area contributed by atoms with Gasteiger partial charge in [-0.15, -0.1) is 0 Å². The van der Waals surface area contributed by atoms with Crippen LogP contribution in [0.5, 0.6) is 0 Å². The van der Waals surface area contributed by atoms with E-state index in [4.69, 9.17) is 0 Å². The molecule has 1 aromatic rings. The number of hydrogen-bond acceptors (Lipinski definition) is 2. The third-order valence-corrected chi connectivity index (χ3v) is 4.11. The normalized spacial score (nSPS) is 20.5.